The maximum absolute atomic E-state index is 13.1. The van der Waals surface area contributed by atoms with Gasteiger partial charge in [0.25, 0.3) is 0 Å². The highest BCUT2D eigenvalue weighted by Crippen LogP contribution is 2.22. The molecular formula is C19H16N4O. The Morgan fingerprint density at radius 2 is 1.83 bits per heavy atom. The average Bonchev–Trinajstić information content (AvgIpc) is 2.99. The Balaban J connectivity index is 2.06. The zero-order valence-corrected chi connectivity index (χ0v) is 13.4. The van der Waals surface area contributed by atoms with E-state index in [1.165, 1.54) is 0 Å². The van der Waals surface area contributed by atoms with Gasteiger partial charge in [0.2, 0.25) is 0 Å². The van der Waals surface area contributed by atoms with Crippen LogP contribution in [0, 0.1) is 0 Å². The number of aryl methyl sites for hydroxylation is 1. The summed E-state index contributed by atoms with van der Waals surface area (Å²) in [5.74, 6) is 0. The molecule has 0 unspecified atom stereocenters. The van der Waals surface area contributed by atoms with Crippen LogP contribution >= 0.6 is 0 Å². The normalized spacial score (nSPS) is 11.1. The second-order valence-electron chi connectivity index (χ2n) is 5.77. The van der Waals surface area contributed by atoms with Gasteiger partial charge >= 0.3 is 0 Å². The predicted molar refractivity (Wildman–Crippen MR) is 97.3 cm³/mol. The maximum atomic E-state index is 13.1. The van der Waals surface area contributed by atoms with E-state index in [9.17, 15) is 4.79 Å². The van der Waals surface area contributed by atoms with Gasteiger partial charge in [-0.1, -0.05) is 12.1 Å². The summed E-state index contributed by atoms with van der Waals surface area (Å²) in [4.78, 5) is 17.5. The second kappa shape index (κ2) is 5.45. The number of hydrogen-bond donors (Lipinski definition) is 1. The van der Waals surface area contributed by atoms with Crippen molar-refractivity contribution >= 4 is 27.4 Å². The molecule has 0 saturated heterocycles. The fourth-order valence-corrected chi connectivity index (χ4v) is 2.89. The first-order chi connectivity index (χ1) is 11.7. The van der Waals surface area contributed by atoms with Crippen LogP contribution in [-0.2, 0) is 7.05 Å². The summed E-state index contributed by atoms with van der Waals surface area (Å²) in [7, 11) is 3.71. The molecule has 2 aromatic carbocycles. The highest BCUT2D eigenvalue weighted by Gasteiger charge is 2.07. The van der Waals surface area contributed by atoms with E-state index >= 15 is 0 Å². The molecule has 4 rings (SSSR count). The third-order valence-corrected chi connectivity index (χ3v) is 4.21. The van der Waals surface area contributed by atoms with Crippen LogP contribution in [0.1, 0.15) is 0 Å². The van der Waals surface area contributed by atoms with Gasteiger partial charge in [0.15, 0.2) is 5.43 Å². The van der Waals surface area contributed by atoms with Gasteiger partial charge in [-0.2, -0.15) is 5.10 Å². The van der Waals surface area contributed by atoms with Crippen LogP contribution in [0.3, 0.4) is 0 Å². The summed E-state index contributed by atoms with van der Waals surface area (Å²) in [5, 5.41) is 9.46. The Kier molecular flexibility index (Phi) is 3.27. The van der Waals surface area contributed by atoms with E-state index in [-0.39, 0.29) is 5.43 Å². The van der Waals surface area contributed by atoms with Crippen molar-refractivity contribution in [3.8, 4) is 11.1 Å². The van der Waals surface area contributed by atoms with Crippen molar-refractivity contribution in [3.63, 3.8) is 0 Å². The minimum absolute atomic E-state index is 0.0136. The van der Waals surface area contributed by atoms with Gasteiger partial charge in [-0.25, -0.2) is 0 Å². The average molecular weight is 316 g/mol. The van der Waals surface area contributed by atoms with Crippen molar-refractivity contribution in [2.45, 2.75) is 0 Å². The monoisotopic (exact) mass is 316 g/mol. The molecule has 0 aliphatic rings. The molecule has 4 aromatic rings. The molecule has 0 fully saturated rings. The third kappa shape index (κ3) is 2.31. The molecule has 0 aliphatic heterocycles. The van der Waals surface area contributed by atoms with Crippen LogP contribution in [0.5, 0.6) is 0 Å². The SMILES string of the molecule is CNc1ccc2ccc3ncc(-c4cnn(C)c4)cc3c(=O)c2c1. The minimum Gasteiger partial charge on any atom is -0.388 e. The Labute approximate surface area is 138 Å². The van der Waals surface area contributed by atoms with Crippen LogP contribution in [0.15, 0.2) is 59.8 Å². The lowest BCUT2D eigenvalue weighted by molar-refractivity contribution is 0.768. The van der Waals surface area contributed by atoms with Crippen molar-refractivity contribution in [1.82, 2.24) is 14.8 Å². The van der Waals surface area contributed by atoms with E-state index in [4.69, 9.17) is 0 Å². The molecule has 5 heteroatoms. The van der Waals surface area contributed by atoms with E-state index in [1.807, 2.05) is 56.7 Å². The summed E-state index contributed by atoms with van der Waals surface area (Å²) in [6.45, 7) is 0. The number of nitrogens with zero attached hydrogens (tertiary/aromatic N) is 3. The largest absolute Gasteiger partial charge is 0.388 e. The first-order valence-electron chi connectivity index (χ1n) is 7.69. The lowest BCUT2D eigenvalue weighted by Crippen LogP contribution is -2.00. The summed E-state index contributed by atoms with van der Waals surface area (Å²) in [5.41, 5.74) is 3.42. The van der Waals surface area contributed by atoms with Crippen molar-refractivity contribution in [3.05, 3.63) is 65.2 Å². The molecule has 118 valence electrons. The fourth-order valence-electron chi connectivity index (χ4n) is 2.89. The first-order valence-corrected chi connectivity index (χ1v) is 7.69. The number of aromatic nitrogens is 3. The van der Waals surface area contributed by atoms with Crippen molar-refractivity contribution in [2.75, 3.05) is 12.4 Å². The highest BCUT2D eigenvalue weighted by molar-refractivity contribution is 5.94. The summed E-state index contributed by atoms with van der Waals surface area (Å²) >= 11 is 0. The molecule has 5 nitrogen and oxygen atoms in total. The molecule has 0 amide bonds. The Bertz CT molecular complexity index is 1130. The quantitative estimate of drug-likeness (QED) is 0.617. The van der Waals surface area contributed by atoms with Crippen LogP contribution in [0.4, 0.5) is 5.69 Å². The molecule has 2 aromatic heterocycles. The maximum Gasteiger partial charge on any atom is 0.195 e. The van der Waals surface area contributed by atoms with Crippen LogP contribution in [0.25, 0.3) is 32.8 Å². The van der Waals surface area contributed by atoms with Crippen LogP contribution in [-0.4, -0.2) is 21.8 Å². The number of pyridine rings is 1. The molecule has 24 heavy (non-hydrogen) atoms. The second-order valence-corrected chi connectivity index (χ2v) is 5.77. The van der Waals surface area contributed by atoms with E-state index in [2.05, 4.69) is 15.4 Å². The Morgan fingerprint density at radius 3 is 2.58 bits per heavy atom. The molecule has 2 heterocycles. The Morgan fingerprint density at radius 1 is 1.00 bits per heavy atom. The van der Waals surface area contributed by atoms with Gasteiger partial charge in [-0.15, -0.1) is 0 Å². The molecule has 0 bridgehead atoms. The van der Waals surface area contributed by atoms with E-state index < -0.39 is 0 Å². The molecule has 1 N–H and O–H groups in total. The minimum atomic E-state index is -0.0136. The Hall–Kier alpha value is -3.21. The number of benzene rings is 1. The van der Waals surface area contributed by atoms with Crippen molar-refractivity contribution in [1.29, 1.82) is 0 Å². The van der Waals surface area contributed by atoms with Gasteiger partial charge in [-0.3, -0.25) is 14.5 Å². The van der Waals surface area contributed by atoms with Gasteiger partial charge in [0.05, 0.1) is 11.7 Å². The number of rotatable bonds is 2. The zero-order chi connectivity index (χ0) is 16.7. The predicted octanol–water partition coefficient (Wildman–Crippen LogP) is 3.19. The molecule has 0 atom stereocenters. The lowest BCUT2D eigenvalue weighted by Gasteiger charge is -2.00. The number of nitrogens with one attached hydrogen (secondary N) is 1. The molecule has 0 spiro atoms. The van der Waals surface area contributed by atoms with Crippen LogP contribution in [0.2, 0.25) is 0 Å². The van der Waals surface area contributed by atoms with Crippen molar-refractivity contribution in [2.24, 2.45) is 7.05 Å². The molecule has 0 aliphatic carbocycles. The first kappa shape index (κ1) is 14.4. The van der Waals surface area contributed by atoms with Gasteiger partial charge in [0, 0.05) is 54.1 Å². The fraction of sp³-hybridized carbons (Fsp3) is 0.105. The molecular weight excluding hydrogens is 300 g/mol. The van der Waals surface area contributed by atoms with Gasteiger partial charge in [0.1, 0.15) is 0 Å². The summed E-state index contributed by atoms with van der Waals surface area (Å²) in [6, 6.07) is 11.5. The molecule has 0 saturated carbocycles. The molecule has 0 radical (unpaired) electrons. The number of anilines is 1. The highest BCUT2D eigenvalue weighted by atomic mass is 16.1. The third-order valence-electron chi connectivity index (χ3n) is 4.21. The van der Waals surface area contributed by atoms with E-state index in [1.54, 1.807) is 17.1 Å². The van der Waals surface area contributed by atoms with E-state index in [0.717, 1.165) is 22.2 Å². The zero-order valence-electron chi connectivity index (χ0n) is 13.4. The van der Waals surface area contributed by atoms with Gasteiger partial charge in [-0.05, 0) is 29.7 Å². The van der Waals surface area contributed by atoms with Gasteiger partial charge < -0.3 is 5.32 Å². The number of fused-ring (bicyclic) bond motifs is 2. The van der Waals surface area contributed by atoms with Crippen molar-refractivity contribution < 1.29 is 0 Å². The lowest BCUT2D eigenvalue weighted by atomic mass is 10.1. The number of hydrogen-bond acceptors (Lipinski definition) is 4. The van der Waals surface area contributed by atoms with Crippen LogP contribution < -0.4 is 10.7 Å². The smallest absolute Gasteiger partial charge is 0.195 e. The topological polar surface area (TPSA) is 59.8 Å². The standard InChI is InChI=1S/C19H16N4O/c1-20-15-5-3-12-4-6-18-17(19(24)16(12)8-15)7-13(9-21-18)14-10-22-23(2)11-14/h3-11,20H,1-2H3. The van der Waals surface area contributed by atoms with E-state index in [0.29, 0.717) is 16.3 Å². The summed E-state index contributed by atoms with van der Waals surface area (Å²) in [6.07, 6.45) is 5.46. The summed E-state index contributed by atoms with van der Waals surface area (Å²) < 4.78 is 1.73.